The number of ketones is 1. The Kier molecular flexibility index (Phi) is 7.91. The molecule has 0 saturated heterocycles. The van der Waals surface area contributed by atoms with E-state index in [0.29, 0.717) is 47.8 Å². The molecule has 0 spiro atoms. The molecule has 2 aromatic carbocycles. The lowest BCUT2D eigenvalue weighted by Gasteiger charge is -2.37. The monoisotopic (exact) mass is 505 g/mol. The Hall–Kier alpha value is -3.74. The summed E-state index contributed by atoms with van der Waals surface area (Å²) in [5, 5.41) is 3.39. The number of rotatable bonds is 8. The molecule has 1 N–H and O–H groups in total. The summed E-state index contributed by atoms with van der Waals surface area (Å²) in [5.74, 6) is 0.961. The summed E-state index contributed by atoms with van der Waals surface area (Å²) in [6, 6.07) is 13.4. The maximum atomic E-state index is 13.8. The number of carbonyl (C=O) groups is 2. The highest BCUT2D eigenvalue weighted by Crippen LogP contribution is 2.47. The molecule has 1 aliphatic heterocycles. The number of allylic oxidation sites excluding steroid dienone is 3. The highest BCUT2D eigenvalue weighted by atomic mass is 16.5. The van der Waals surface area contributed by atoms with Gasteiger partial charge in [0, 0.05) is 29.3 Å². The molecular formula is C30H35NO6. The lowest BCUT2D eigenvalue weighted by molar-refractivity contribution is -0.143. The van der Waals surface area contributed by atoms with Crippen molar-refractivity contribution in [2.24, 2.45) is 0 Å². The highest BCUT2D eigenvalue weighted by molar-refractivity contribution is 6.04. The summed E-state index contributed by atoms with van der Waals surface area (Å²) >= 11 is 0. The fourth-order valence-electron chi connectivity index (χ4n) is 5.17. The third kappa shape index (κ3) is 5.36. The van der Waals surface area contributed by atoms with Crippen molar-refractivity contribution in [2.75, 3.05) is 20.8 Å². The van der Waals surface area contributed by atoms with E-state index in [-0.39, 0.29) is 17.8 Å². The predicted molar refractivity (Wildman–Crippen MR) is 141 cm³/mol. The first-order valence-corrected chi connectivity index (χ1v) is 12.7. The zero-order valence-electron chi connectivity index (χ0n) is 22.3. The van der Waals surface area contributed by atoms with Crippen molar-refractivity contribution in [1.82, 2.24) is 5.32 Å². The number of benzene rings is 2. The Morgan fingerprint density at radius 2 is 1.70 bits per heavy atom. The molecule has 0 saturated carbocycles. The van der Waals surface area contributed by atoms with Crippen LogP contribution in [-0.2, 0) is 14.3 Å². The second-order valence-corrected chi connectivity index (χ2v) is 9.59. The van der Waals surface area contributed by atoms with Crippen molar-refractivity contribution in [2.45, 2.75) is 58.5 Å². The van der Waals surface area contributed by atoms with Crippen LogP contribution in [0.1, 0.15) is 63.5 Å². The molecule has 0 amide bonds. The number of hydrogen-bond acceptors (Lipinski definition) is 7. The van der Waals surface area contributed by atoms with Gasteiger partial charge in [0.15, 0.2) is 17.3 Å². The molecule has 1 heterocycles. The van der Waals surface area contributed by atoms with Gasteiger partial charge in [0.2, 0.25) is 0 Å². The van der Waals surface area contributed by atoms with Gasteiger partial charge in [-0.05, 0) is 75.4 Å². The summed E-state index contributed by atoms with van der Waals surface area (Å²) in [7, 11) is 3.21. The summed E-state index contributed by atoms with van der Waals surface area (Å²) < 4.78 is 22.2. The molecule has 0 bridgehead atoms. The quantitative estimate of drug-likeness (QED) is 0.480. The Labute approximate surface area is 218 Å². The molecule has 2 atom stereocenters. The Bertz CT molecular complexity index is 1240. The smallest absolute Gasteiger partial charge is 0.337 e. The lowest BCUT2D eigenvalue weighted by Crippen LogP contribution is -2.36. The van der Waals surface area contributed by atoms with Gasteiger partial charge in [-0.3, -0.25) is 4.79 Å². The molecule has 7 nitrogen and oxygen atoms in total. The highest BCUT2D eigenvalue weighted by Gasteiger charge is 2.41. The number of Topliss-reactive ketones (excluding diaryl/α,β-unsaturated/α-hetero) is 1. The van der Waals surface area contributed by atoms with Gasteiger partial charge in [0.05, 0.1) is 32.5 Å². The topological polar surface area (TPSA) is 83.1 Å². The van der Waals surface area contributed by atoms with E-state index in [1.165, 1.54) is 0 Å². The van der Waals surface area contributed by atoms with E-state index >= 15 is 0 Å². The van der Waals surface area contributed by atoms with Crippen LogP contribution in [0.5, 0.6) is 17.2 Å². The number of methoxy groups -OCH3 is 2. The molecule has 196 valence electrons. The first-order valence-electron chi connectivity index (χ1n) is 12.7. The Morgan fingerprint density at radius 3 is 2.32 bits per heavy atom. The van der Waals surface area contributed by atoms with Crippen LogP contribution in [0.3, 0.4) is 0 Å². The van der Waals surface area contributed by atoms with Crippen LogP contribution in [0.2, 0.25) is 0 Å². The standard InChI is InChI=1S/C30H35NO6/c1-7-36-25-13-10-20(16-26(25)35-6)28-27(30(33)37-17(2)3)18(4)31-23-14-21(15-24(32)29(23)28)19-8-11-22(34-5)12-9-19/h8-13,16-17,21,28,31H,7,14-15H2,1-6H3/t21-,28+/m0/s1. The maximum Gasteiger partial charge on any atom is 0.337 e. The van der Waals surface area contributed by atoms with E-state index in [1.807, 2.05) is 70.2 Å². The minimum Gasteiger partial charge on any atom is -0.497 e. The van der Waals surface area contributed by atoms with Crippen LogP contribution in [0.25, 0.3) is 0 Å². The van der Waals surface area contributed by atoms with Crippen LogP contribution in [0, 0.1) is 0 Å². The van der Waals surface area contributed by atoms with E-state index in [1.54, 1.807) is 14.2 Å². The number of carbonyl (C=O) groups excluding carboxylic acids is 2. The molecule has 2 aromatic rings. The Balaban J connectivity index is 1.80. The number of hydrogen-bond donors (Lipinski definition) is 1. The van der Waals surface area contributed by atoms with Gasteiger partial charge in [-0.1, -0.05) is 18.2 Å². The normalized spacial score (nSPS) is 19.4. The number of esters is 1. The Morgan fingerprint density at radius 1 is 1.00 bits per heavy atom. The predicted octanol–water partition coefficient (Wildman–Crippen LogP) is 5.42. The maximum absolute atomic E-state index is 13.8. The van der Waals surface area contributed by atoms with E-state index < -0.39 is 11.9 Å². The third-order valence-corrected chi connectivity index (χ3v) is 6.80. The third-order valence-electron chi connectivity index (χ3n) is 6.80. The van der Waals surface area contributed by atoms with Crippen LogP contribution < -0.4 is 19.5 Å². The first-order chi connectivity index (χ1) is 17.8. The molecule has 37 heavy (non-hydrogen) atoms. The second kappa shape index (κ2) is 11.1. The molecule has 0 fully saturated rings. The molecule has 7 heteroatoms. The second-order valence-electron chi connectivity index (χ2n) is 9.59. The van der Waals surface area contributed by atoms with Gasteiger partial charge in [0.25, 0.3) is 0 Å². The summed E-state index contributed by atoms with van der Waals surface area (Å²) in [6.45, 7) is 7.89. The molecule has 2 aliphatic rings. The van der Waals surface area contributed by atoms with E-state index in [2.05, 4.69) is 5.32 Å². The zero-order valence-corrected chi connectivity index (χ0v) is 22.3. The van der Waals surface area contributed by atoms with Crippen molar-refractivity contribution in [3.8, 4) is 17.2 Å². The minimum atomic E-state index is -0.573. The van der Waals surface area contributed by atoms with Crippen molar-refractivity contribution in [1.29, 1.82) is 0 Å². The van der Waals surface area contributed by atoms with Crippen molar-refractivity contribution in [3.05, 3.63) is 76.1 Å². The van der Waals surface area contributed by atoms with Gasteiger partial charge in [-0.2, -0.15) is 0 Å². The molecular weight excluding hydrogens is 470 g/mol. The first kappa shape index (κ1) is 26.3. The fourth-order valence-corrected chi connectivity index (χ4v) is 5.17. The van der Waals surface area contributed by atoms with Gasteiger partial charge in [-0.25, -0.2) is 4.79 Å². The average Bonchev–Trinajstić information content (AvgIpc) is 2.87. The van der Waals surface area contributed by atoms with E-state index in [9.17, 15) is 9.59 Å². The van der Waals surface area contributed by atoms with E-state index in [4.69, 9.17) is 18.9 Å². The molecule has 0 radical (unpaired) electrons. The van der Waals surface area contributed by atoms with Crippen LogP contribution in [-0.4, -0.2) is 38.7 Å². The van der Waals surface area contributed by atoms with E-state index in [0.717, 1.165) is 22.6 Å². The molecule has 4 rings (SSSR count). The van der Waals surface area contributed by atoms with Crippen molar-refractivity contribution in [3.63, 3.8) is 0 Å². The van der Waals surface area contributed by atoms with Gasteiger partial charge in [0.1, 0.15) is 5.75 Å². The number of ether oxygens (including phenoxy) is 4. The zero-order chi connectivity index (χ0) is 26.7. The number of dihydropyridines is 1. The molecule has 1 aliphatic carbocycles. The van der Waals surface area contributed by atoms with Crippen LogP contribution in [0.15, 0.2) is 65.0 Å². The SMILES string of the molecule is CCOc1ccc([C@@H]2C(C(=O)OC(C)C)=C(C)NC3=C2C(=O)C[C@@H](c2ccc(OC)cc2)C3)cc1OC. The summed E-state index contributed by atoms with van der Waals surface area (Å²) in [5.41, 5.74) is 4.43. The van der Waals surface area contributed by atoms with Crippen LogP contribution >= 0.6 is 0 Å². The largest absolute Gasteiger partial charge is 0.497 e. The van der Waals surface area contributed by atoms with Gasteiger partial charge < -0.3 is 24.3 Å². The average molecular weight is 506 g/mol. The van der Waals surface area contributed by atoms with Gasteiger partial charge >= 0.3 is 5.97 Å². The van der Waals surface area contributed by atoms with Gasteiger partial charge in [-0.15, -0.1) is 0 Å². The van der Waals surface area contributed by atoms with Crippen LogP contribution in [0.4, 0.5) is 0 Å². The minimum absolute atomic E-state index is 0.00904. The van der Waals surface area contributed by atoms with Crippen molar-refractivity contribution < 1.29 is 28.5 Å². The summed E-state index contributed by atoms with van der Waals surface area (Å²) in [4.78, 5) is 27.1. The summed E-state index contributed by atoms with van der Waals surface area (Å²) in [6.07, 6.45) is 0.713. The molecule has 0 aromatic heterocycles. The van der Waals surface area contributed by atoms with Crippen molar-refractivity contribution >= 4 is 11.8 Å². The number of nitrogens with one attached hydrogen (secondary N) is 1. The lowest BCUT2D eigenvalue weighted by atomic mass is 9.71. The fraction of sp³-hybridized carbons (Fsp3) is 0.400. The molecule has 0 unspecified atom stereocenters.